The summed E-state index contributed by atoms with van der Waals surface area (Å²) in [5.41, 5.74) is 0. The van der Waals surface area contributed by atoms with Crippen molar-refractivity contribution in [3.8, 4) is 0 Å². The minimum Gasteiger partial charge on any atom is -0.348 e. The third-order valence-corrected chi connectivity index (χ3v) is 4.10. The summed E-state index contributed by atoms with van der Waals surface area (Å²) in [5.74, 6) is 0.141. The molecule has 1 N–H and O–H groups in total. The largest absolute Gasteiger partial charge is 0.348 e. The molecule has 0 aliphatic carbocycles. The molecule has 3 nitrogen and oxygen atoms in total. The second kappa shape index (κ2) is 5.70. The van der Waals surface area contributed by atoms with E-state index in [9.17, 15) is 0 Å². The molecule has 0 spiro atoms. The molecule has 0 amide bonds. The van der Waals surface area contributed by atoms with Gasteiger partial charge < -0.3 is 14.8 Å². The molecule has 1 fully saturated rings. The van der Waals surface area contributed by atoms with E-state index in [-0.39, 0.29) is 6.10 Å². The zero-order valence-electron chi connectivity index (χ0n) is 11.6. The number of nitrogens with one attached hydrogen (secondary N) is 1. The molecule has 0 aromatic carbocycles. The molecule has 1 aliphatic heterocycles. The van der Waals surface area contributed by atoms with Gasteiger partial charge in [0.2, 0.25) is 0 Å². The van der Waals surface area contributed by atoms with Crippen LogP contribution in [0, 0.1) is 5.92 Å². The Morgan fingerprint density at radius 3 is 2.78 bits per heavy atom. The molecule has 0 saturated carbocycles. The molecule has 18 heavy (non-hydrogen) atoms. The van der Waals surface area contributed by atoms with Gasteiger partial charge in [-0.25, -0.2) is 0 Å². The Balaban J connectivity index is 1.88. The van der Waals surface area contributed by atoms with Crippen molar-refractivity contribution in [1.29, 1.82) is 0 Å². The predicted octanol–water partition coefficient (Wildman–Crippen LogP) is 3.19. The number of hydrogen-bond acceptors (Lipinski definition) is 4. The van der Waals surface area contributed by atoms with Crippen LogP contribution in [0.15, 0.2) is 17.5 Å². The molecule has 2 rings (SSSR count). The summed E-state index contributed by atoms with van der Waals surface area (Å²) in [7, 11) is 0. The standard InChI is InChI=1S/C14H23NO2S/c1-10(2)13(12-6-5-7-18-12)15-8-11-9-16-14(3,4)17-11/h5-7,10-11,13,15H,8-9H2,1-4H3. The summed E-state index contributed by atoms with van der Waals surface area (Å²) < 4.78 is 11.4. The second-order valence-electron chi connectivity index (χ2n) is 5.60. The molecule has 2 unspecified atom stereocenters. The highest BCUT2D eigenvalue weighted by molar-refractivity contribution is 7.10. The van der Waals surface area contributed by atoms with E-state index in [2.05, 4.69) is 36.7 Å². The summed E-state index contributed by atoms with van der Waals surface area (Å²) in [6, 6.07) is 4.70. The second-order valence-corrected chi connectivity index (χ2v) is 6.58. The van der Waals surface area contributed by atoms with Crippen LogP contribution in [-0.2, 0) is 9.47 Å². The van der Waals surface area contributed by atoms with E-state index in [0.717, 1.165) is 6.54 Å². The smallest absolute Gasteiger partial charge is 0.163 e. The van der Waals surface area contributed by atoms with Gasteiger partial charge in [0.25, 0.3) is 0 Å². The lowest BCUT2D eigenvalue weighted by Crippen LogP contribution is -2.34. The fourth-order valence-corrected chi connectivity index (χ4v) is 3.23. The van der Waals surface area contributed by atoms with Crippen LogP contribution in [0.2, 0.25) is 0 Å². The van der Waals surface area contributed by atoms with E-state index in [4.69, 9.17) is 9.47 Å². The number of hydrogen-bond donors (Lipinski definition) is 1. The molecule has 1 aromatic rings. The molecule has 4 heteroatoms. The monoisotopic (exact) mass is 269 g/mol. The van der Waals surface area contributed by atoms with Crippen LogP contribution >= 0.6 is 11.3 Å². The van der Waals surface area contributed by atoms with Crippen molar-refractivity contribution in [2.45, 2.75) is 45.6 Å². The van der Waals surface area contributed by atoms with Crippen LogP contribution in [0.1, 0.15) is 38.6 Å². The summed E-state index contributed by atoms with van der Waals surface area (Å²) >= 11 is 1.81. The Morgan fingerprint density at radius 2 is 2.28 bits per heavy atom. The van der Waals surface area contributed by atoms with Crippen LogP contribution in [0.25, 0.3) is 0 Å². The molecular weight excluding hydrogens is 246 g/mol. The molecule has 2 heterocycles. The number of thiophene rings is 1. The molecule has 0 radical (unpaired) electrons. The topological polar surface area (TPSA) is 30.5 Å². The van der Waals surface area contributed by atoms with E-state index in [0.29, 0.717) is 18.6 Å². The molecule has 2 atom stereocenters. The first-order valence-corrected chi connectivity index (χ1v) is 7.44. The Bertz CT molecular complexity index is 362. The number of ether oxygens (including phenoxy) is 2. The van der Waals surface area contributed by atoms with Gasteiger partial charge in [-0.3, -0.25) is 0 Å². The first-order valence-electron chi connectivity index (χ1n) is 6.56. The highest BCUT2D eigenvalue weighted by Crippen LogP contribution is 2.27. The van der Waals surface area contributed by atoms with Crippen LogP contribution in [0.5, 0.6) is 0 Å². The first-order chi connectivity index (χ1) is 8.48. The summed E-state index contributed by atoms with van der Waals surface area (Å²) in [4.78, 5) is 1.39. The molecule has 0 bridgehead atoms. The van der Waals surface area contributed by atoms with Crippen molar-refractivity contribution in [2.24, 2.45) is 5.92 Å². The fourth-order valence-electron chi connectivity index (χ4n) is 2.26. The average molecular weight is 269 g/mol. The van der Waals surface area contributed by atoms with Gasteiger partial charge in [0, 0.05) is 17.5 Å². The first kappa shape index (κ1) is 14.0. The van der Waals surface area contributed by atoms with Gasteiger partial charge in [-0.15, -0.1) is 11.3 Å². The van der Waals surface area contributed by atoms with Gasteiger partial charge in [0.1, 0.15) is 0 Å². The van der Waals surface area contributed by atoms with Gasteiger partial charge in [-0.1, -0.05) is 19.9 Å². The lowest BCUT2D eigenvalue weighted by Gasteiger charge is -2.23. The van der Waals surface area contributed by atoms with E-state index in [1.807, 2.05) is 25.2 Å². The highest BCUT2D eigenvalue weighted by Gasteiger charge is 2.33. The van der Waals surface area contributed by atoms with E-state index < -0.39 is 5.79 Å². The van der Waals surface area contributed by atoms with Crippen LogP contribution in [0.4, 0.5) is 0 Å². The quantitative estimate of drug-likeness (QED) is 0.890. The zero-order chi connectivity index (χ0) is 13.2. The van der Waals surface area contributed by atoms with E-state index in [1.54, 1.807) is 0 Å². The molecule has 1 aromatic heterocycles. The lowest BCUT2D eigenvalue weighted by atomic mass is 10.0. The maximum atomic E-state index is 5.81. The minimum absolute atomic E-state index is 0.154. The van der Waals surface area contributed by atoms with Gasteiger partial charge in [0.05, 0.1) is 12.7 Å². The fraction of sp³-hybridized carbons (Fsp3) is 0.714. The van der Waals surface area contributed by atoms with Crippen molar-refractivity contribution in [3.05, 3.63) is 22.4 Å². The van der Waals surface area contributed by atoms with E-state index in [1.165, 1.54) is 4.88 Å². The van der Waals surface area contributed by atoms with Crippen LogP contribution < -0.4 is 5.32 Å². The minimum atomic E-state index is -0.428. The molecule has 1 saturated heterocycles. The van der Waals surface area contributed by atoms with Gasteiger partial charge in [-0.2, -0.15) is 0 Å². The third kappa shape index (κ3) is 3.54. The van der Waals surface area contributed by atoms with Crippen LogP contribution in [-0.4, -0.2) is 25.0 Å². The SMILES string of the molecule is CC(C)C(NCC1COC(C)(C)O1)c1cccs1. The van der Waals surface area contributed by atoms with Gasteiger partial charge >= 0.3 is 0 Å². The zero-order valence-corrected chi connectivity index (χ0v) is 12.4. The number of rotatable bonds is 5. The van der Waals surface area contributed by atoms with Crippen molar-refractivity contribution >= 4 is 11.3 Å². The summed E-state index contributed by atoms with van der Waals surface area (Å²) in [5, 5.41) is 5.74. The Kier molecular flexibility index (Phi) is 4.43. The summed E-state index contributed by atoms with van der Waals surface area (Å²) in [6.07, 6.45) is 0.154. The third-order valence-electron chi connectivity index (χ3n) is 3.15. The molecule has 1 aliphatic rings. The Morgan fingerprint density at radius 1 is 1.50 bits per heavy atom. The normalized spacial score (nSPS) is 24.6. The average Bonchev–Trinajstić information content (AvgIpc) is 2.88. The molecular formula is C14H23NO2S. The highest BCUT2D eigenvalue weighted by atomic mass is 32.1. The molecule has 102 valence electrons. The predicted molar refractivity (Wildman–Crippen MR) is 74.8 cm³/mol. The van der Waals surface area contributed by atoms with Gasteiger partial charge in [0.15, 0.2) is 5.79 Å². The maximum absolute atomic E-state index is 5.81. The summed E-state index contributed by atoms with van der Waals surface area (Å²) in [6.45, 7) is 9.93. The lowest BCUT2D eigenvalue weighted by molar-refractivity contribution is -0.138. The van der Waals surface area contributed by atoms with Crippen molar-refractivity contribution < 1.29 is 9.47 Å². The van der Waals surface area contributed by atoms with Crippen LogP contribution in [0.3, 0.4) is 0 Å². The van der Waals surface area contributed by atoms with Crippen molar-refractivity contribution in [2.75, 3.05) is 13.2 Å². The van der Waals surface area contributed by atoms with Gasteiger partial charge in [-0.05, 0) is 31.2 Å². The van der Waals surface area contributed by atoms with E-state index >= 15 is 0 Å². The Hall–Kier alpha value is -0.420. The Labute approximate surface area is 113 Å². The van der Waals surface area contributed by atoms with Crippen molar-refractivity contribution in [3.63, 3.8) is 0 Å². The maximum Gasteiger partial charge on any atom is 0.163 e. The van der Waals surface area contributed by atoms with Crippen molar-refractivity contribution in [1.82, 2.24) is 5.32 Å².